The Balaban J connectivity index is 2.00. The van der Waals surface area contributed by atoms with Crippen LogP contribution in [0.4, 0.5) is 0 Å². The summed E-state index contributed by atoms with van der Waals surface area (Å²) in [5.41, 5.74) is 2.09. The maximum atomic E-state index is 12.1. The summed E-state index contributed by atoms with van der Waals surface area (Å²) < 4.78 is 7.30. The molecule has 1 aromatic carbocycles. The molecule has 0 aliphatic rings. The molecule has 6 nitrogen and oxygen atoms in total. The van der Waals surface area contributed by atoms with Gasteiger partial charge in [0.1, 0.15) is 5.60 Å². The van der Waals surface area contributed by atoms with Crippen molar-refractivity contribution in [2.45, 2.75) is 38.5 Å². The van der Waals surface area contributed by atoms with Crippen LogP contribution in [0.2, 0.25) is 5.02 Å². The summed E-state index contributed by atoms with van der Waals surface area (Å²) in [6.45, 7) is 7.47. The zero-order chi connectivity index (χ0) is 20.3. The molecule has 8 heteroatoms. The van der Waals surface area contributed by atoms with Crippen molar-refractivity contribution < 1.29 is 9.53 Å². The van der Waals surface area contributed by atoms with Crippen LogP contribution in [0.3, 0.4) is 0 Å². The zero-order valence-electron chi connectivity index (χ0n) is 16.1. The molecule has 28 heavy (non-hydrogen) atoms. The van der Waals surface area contributed by atoms with Crippen LogP contribution in [0.25, 0.3) is 17.1 Å². The summed E-state index contributed by atoms with van der Waals surface area (Å²) >= 11 is 7.61. The molecule has 0 amide bonds. The maximum Gasteiger partial charge on any atom is 0.316 e. The lowest BCUT2D eigenvalue weighted by Crippen LogP contribution is -2.25. The molecule has 0 aliphatic heterocycles. The lowest BCUT2D eigenvalue weighted by atomic mass is 10.2. The Hall–Kier alpha value is -2.38. The van der Waals surface area contributed by atoms with Gasteiger partial charge in [-0.15, -0.1) is 10.2 Å². The highest BCUT2D eigenvalue weighted by Gasteiger charge is 2.21. The Bertz CT molecular complexity index is 984. The number of halogens is 1. The first-order chi connectivity index (χ1) is 13.3. The molecule has 0 atom stereocenters. The number of esters is 1. The highest BCUT2D eigenvalue weighted by Crippen LogP contribution is 2.31. The number of nitrogens with zero attached hydrogens (tertiary/aromatic N) is 4. The number of rotatable bonds is 5. The number of thioether (sulfide) groups is 1. The van der Waals surface area contributed by atoms with Gasteiger partial charge in [-0.2, -0.15) is 0 Å². The van der Waals surface area contributed by atoms with Gasteiger partial charge in [-0.05, 0) is 57.5 Å². The minimum atomic E-state index is -0.531. The number of pyridine rings is 1. The van der Waals surface area contributed by atoms with Crippen LogP contribution in [0, 0.1) is 6.92 Å². The molecular weight excluding hydrogens is 396 g/mol. The van der Waals surface area contributed by atoms with Gasteiger partial charge in [0.2, 0.25) is 0 Å². The van der Waals surface area contributed by atoms with Crippen LogP contribution in [0.5, 0.6) is 0 Å². The van der Waals surface area contributed by atoms with Gasteiger partial charge in [0, 0.05) is 23.0 Å². The van der Waals surface area contributed by atoms with Gasteiger partial charge in [-0.25, -0.2) is 0 Å². The molecule has 0 N–H and O–H groups in total. The van der Waals surface area contributed by atoms with Crippen LogP contribution in [0.1, 0.15) is 26.3 Å². The number of hydrogen-bond donors (Lipinski definition) is 0. The summed E-state index contributed by atoms with van der Waals surface area (Å²) in [4.78, 5) is 16.2. The van der Waals surface area contributed by atoms with Gasteiger partial charge in [0.05, 0.1) is 11.4 Å². The molecule has 0 bridgehead atoms. The molecule has 2 heterocycles. The maximum absolute atomic E-state index is 12.1. The Morgan fingerprint density at radius 2 is 1.89 bits per heavy atom. The van der Waals surface area contributed by atoms with Crippen LogP contribution in [0.15, 0.2) is 47.9 Å². The van der Waals surface area contributed by atoms with E-state index in [-0.39, 0.29) is 11.7 Å². The van der Waals surface area contributed by atoms with Gasteiger partial charge < -0.3 is 4.74 Å². The van der Waals surface area contributed by atoms with E-state index in [2.05, 4.69) is 15.2 Å². The van der Waals surface area contributed by atoms with Gasteiger partial charge in [-0.3, -0.25) is 14.3 Å². The monoisotopic (exact) mass is 416 g/mol. The number of aromatic nitrogens is 4. The Labute approximate surface area is 173 Å². The van der Waals surface area contributed by atoms with E-state index in [1.165, 1.54) is 11.8 Å². The predicted octanol–water partition coefficient (Wildman–Crippen LogP) is 4.72. The van der Waals surface area contributed by atoms with Gasteiger partial charge >= 0.3 is 5.97 Å². The topological polar surface area (TPSA) is 69.9 Å². The smallest absolute Gasteiger partial charge is 0.316 e. The first-order valence-corrected chi connectivity index (χ1v) is 10.1. The van der Waals surface area contributed by atoms with Crippen molar-refractivity contribution in [2.24, 2.45) is 0 Å². The molecule has 3 rings (SSSR count). The summed E-state index contributed by atoms with van der Waals surface area (Å²) in [6, 6.07) is 9.39. The standard InChI is InChI=1S/C20H21ClN4O2S/c1-13-15(21)6-5-7-16(13)25-18(14-8-10-22-11-9-14)23-24-19(25)28-12-17(26)27-20(2,3)4/h5-11H,12H2,1-4H3. The van der Waals surface area contributed by atoms with E-state index in [0.29, 0.717) is 16.0 Å². The molecule has 0 spiro atoms. The molecular formula is C20H21ClN4O2S. The fourth-order valence-electron chi connectivity index (χ4n) is 2.60. The van der Waals surface area contributed by atoms with E-state index in [1.54, 1.807) is 12.4 Å². The van der Waals surface area contributed by atoms with Crippen molar-refractivity contribution in [1.82, 2.24) is 19.7 Å². The number of ether oxygens (including phenoxy) is 1. The molecule has 2 aromatic heterocycles. The fraction of sp³-hybridized carbons (Fsp3) is 0.300. The third-order valence-corrected chi connectivity index (χ3v) is 5.10. The molecule has 3 aromatic rings. The Kier molecular flexibility index (Phi) is 6.05. The SMILES string of the molecule is Cc1c(Cl)cccc1-n1c(SCC(=O)OC(C)(C)C)nnc1-c1ccncc1. The lowest BCUT2D eigenvalue weighted by Gasteiger charge is -2.19. The summed E-state index contributed by atoms with van der Waals surface area (Å²) in [7, 11) is 0. The van der Waals surface area contributed by atoms with E-state index >= 15 is 0 Å². The third kappa shape index (κ3) is 4.72. The molecule has 0 saturated carbocycles. The van der Waals surface area contributed by atoms with E-state index < -0.39 is 5.60 Å². The quantitative estimate of drug-likeness (QED) is 0.442. The zero-order valence-corrected chi connectivity index (χ0v) is 17.7. The molecule has 0 radical (unpaired) electrons. The number of carbonyl (C=O) groups excluding carboxylic acids is 1. The van der Waals surface area contributed by atoms with Crippen molar-refractivity contribution in [3.63, 3.8) is 0 Å². The largest absolute Gasteiger partial charge is 0.459 e. The fourth-order valence-corrected chi connectivity index (χ4v) is 3.49. The van der Waals surface area contributed by atoms with E-state index in [9.17, 15) is 4.79 Å². The number of hydrogen-bond acceptors (Lipinski definition) is 6. The third-order valence-electron chi connectivity index (χ3n) is 3.79. The van der Waals surface area contributed by atoms with E-state index in [0.717, 1.165) is 16.8 Å². The normalized spacial score (nSPS) is 11.5. The Morgan fingerprint density at radius 1 is 1.18 bits per heavy atom. The van der Waals surface area contributed by atoms with Crippen molar-refractivity contribution >= 4 is 29.3 Å². The first kappa shape index (κ1) is 20.4. The Morgan fingerprint density at radius 3 is 2.57 bits per heavy atom. The minimum Gasteiger partial charge on any atom is -0.459 e. The number of carbonyl (C=O) groups is 1. The second-order valence-corrected chi connectivity index (χ2v) is 8.49. The van der Waals surface area contributed by atoms with Crippen molar-refractivity contribution in [3.05, 3.63) is 53.3 Å². The van der Waals surface area contributed by atoms with Crippen LogP contribution >= 0.6 is 23.4 Å². The average molecular weight is 417 g/mol. The summed E-state index contributed by atoms with van der Waals surface area (Å²) in [5.74, 6) is 0.477. The molecule has 0 saturated heterocycles. The van der Waals surface area contributed by atoms with Gasteiger partial charge in [0.15, 0.2) is 11.0 Å². The molecule has 0 fully saturated rings. The van der Waals surface area contributed by atoms with Crippen molar-refractivity contribution in [3.8, 4) is 17.1 Å². The van der Waals surface area contributed by atoms with Crippen molar-refractivity contribution in [2.75, 3.05) is 5.75 Å². The van der Waals surface area contributed by atoms with Crippen LogP contribution in [-0.2, 0) is 9.53 Å². The minimum absolute atomic E-state index is 0.130. The van der Waals surface area contributed by atoms with Crippen LogP contribution < -0.4 is 0 Å². The first-order valence-electron chi connectivity index (χ1n) is 8.72. The predicted molar refractivity (Wildman–Crippen MR) is 111 cm³/mol. The summed E-state index contributed by atoms with van der Waals surface area (Å²) in [6.07, 6.45) is 3.40. The van der Waals surface area contributed by atoms with Crippen LogP contribution in [-0.4, -0.2) is 37.1 Å². The summed E-state index contributed by atoms with van der Waals surface area (Å²) in [5, 5.41) is 9.90. The van der Waals surface area contributed by atoms with E-state index in [4.69, 9.17) is 16.3 Å². The molecule has 146 valence electrons. The second-order valence-electron chi connectivity index (χ2n) is 7.14. The van der Waals surface area contributed by atoms with Gasteiger partial charge in [-0.1, -0.05) is 29.4 Å². The van der Waals surface area contributed by atoms with Crippen molar-refractivity contribution in [1.29, 1.82) is 0 Å². The highest BCUT2D eigenvalue weighted by atomic mass is 35.5. The molecule has 0 aliphatic carbocycles. The lowest BCUT2D eigenvalue weighted by molar-refractivity contribution is -0.151. The van der Waals surface area contributed by atoms with E-state index in [1.807, 2.05) is 62.6 Å². The average Bonchev–Trinajstić information content (AvgIpc) is 3.05. The number of benzene rings is 1. The second kappa shape index (κ2) is 8.32. The van der Waals surface area contributed by atoms with Gasteiger partial charge in [0.25, 0.3) is 0 Å². The highest BCUT2D eigenvalue weighted by molar-refractivity contribution is 7.99. The molecule has 0 unspecified atom stereocenters.